The number of benzene rings is 1. The van der Waals surface area contributed by atoms with Gasteiger partial charge in [0.2, 0.25) is 5.91 Å². The number of pyridine rings is 1. The number of aryl methyl sites for hydroxylation is 1. The first kappa shape index (κ1) is 22.8. The quantitative estimate of drug-likeness (QED) is 0.701. The number of aromatic nitrogens is 1. The van der Waals surface area contributed by atoms with Gasteiger partial charge in [0.05, 0.1) is 0 Å². The normalized spacial score (nSPS) is 20.0. The number of ether oxygens (including phenoxy) is 1. The fourth-order valence-electron chi connectivity index (χ4n) is 5.33. The smallest absolute Gasteiger partial charge is 0.222 e. The molecule has 0 radical (unpaired) electrons. The van der Waals surface area contributed by atoms with Crippen LogP contribution in [0.4, 0.5) is 0 Å². The Labute approximate surface area is 192 Å². The highest BCUT2D eigenvalue weighted by Gasteiger charge is 2.36. The van der Waals surface area contributed by atoms with Crippen molar-refractivity contribution in [3.63, 3.8) is 0 Å². The fourth-order valence-corrected chi connectivity index (χ4v) is 5.33. The van der Waals surface area contributed by atoms with Gasteiger partial charge in [0.15, 0.2) is 0 Å². The summed E-state index contributed by atoms with van der Waals surface area (Å²) >= 11 is 0. The molecule has 1 fully saturated rings. The summed E-state index contributed by atoms with van der Waals surface area (Å²) in [5, 5.41) is 0. The largest absolute Gasteiger partial charge is 0.492 e. The van der Waals surface area contributed by atoms with E-state index in [9.17, 15) is 4.79 Å². The van der Waals surface area contributed by atoms with Gasteiger partial charge in [-0.1, -0.05) is 37.6 Å². The first-order chi connectivity index (χ1) is 15.7. The first-order valence-electron chi connectivity index (χ1n) is 12.3. The van der Waals surface area contributed by atoms with Gasteiger partial charge in [-0.3, -0.25) is 14.7 Å². The predicted octanol–water partition coefficient (Wildman–Crippen LogP) is 4.71. The van der Waals surface area contributed by atoms with Gasteiger partial charge < -0.3 is 9.64 Å². The molecule has 0 saturated carbocycles. The number of carbonyl (C=O) groups excluding carboxylic acids is 1. The maximum absolute atomic E-state index is 12.3. The van der Waals surface area contributed by atoms with Crippen LogP contribution in [0, 0.1) is 5.41 Å². The lowest BCUT2D eigenvalue weighted by Gasteiger charge is -2.45. The summed E-state index contributed by atoms with van der Waals surface area (Å²) in [6.07, 6.45) is 11.3. The number of para-hydroxylation sites is 1. The molecule has 2 aromatic rings. The minimum atomic E-state index is 0.269. The summed E-state index contributed by atoms with van der Waals surface area (Å²) in [7, 11) is 0. The van der Waals surface area contributed by atoms with Crippen LogP contribution >= 0.6 is 0 Å². The Bertz CT molecular complexity index is 862. The second kappa shape index (κ2) is 11.0. The molecule has 5 nitrogen and oxygen atoms in total. The highest BCUT2D eigenvalue weighted by Crippen LogP contribution is 2.38. The highest BCUT2D eigenvalue weighted by atomic mass is 16.5. The topological polar surface area (TPSA) is 45.7 Å². The summed E-state index contributed by atoms with van der Waals surface area (Å²) in [5.41, 5.74) is 2.84. The summed E-state index contributed by atoms with van der Waals surface area (Å²) in [5.74, 6) is 1.33. The van der Waals surface area contributed by atoms with E-state index in [1.165, 1.54) is 30.4 Å². The zero-order valence-electron chi connectivity index (χ0n) is 19.5. The molecule has 0 unspecified atom stereocenters. The van der Waals surface area contributed by atoms with E-state index >= 15 is 0 Å². The van der Waals surface area contributed by atoms with Crippen molar-refractivity contribution in [1.82, 2.24) is 14.8 Å². The zero-order chi connectivity index (χ0) is 22.2. The minimum absolute atomic E-state index is 0.269. The van der Waals surface area contributed by atoms with Crippen molar-refractivity contribution < 1.29 is 9.53 Å². The Kier molecular flexibility index (Phi) is 7.80. The fraction of sp³-hybridized carbons (Fsp3) is 0.556. The van der Waals surface area contributed by atoms with Crippen molar-refractivity contribution in [2.24, 2.45) is 5.41 Å². The van der Waals surface area contributed by atoms with Crippen LogP contribution in [0.1, 0.15) is 56.6 Å². The SMILES string of the molecule is CCC(=O)N1CCC2(CCCCc3ccccc3OCCN(Cc3cccnc3)C2)CC1. The van der Waals surface area contributed by atoms with Gasteiger partial charge in [0.25, 0.3) is 0 Å². The maximum atomic E-state index is 12.3. The van der Waals surface area contributed by atoms with Crippen LogP contribution < -0.4 is 4.74 Å². The Hall–Kier alpha value is -2.40. The number of hydrogen-bond acceptors (Lipinski definition) is 4. The molecule has 0 aliphatic carbocycles. The van der Waals surface area contributed by atoms with E-state index < -0.39 is 0 Å². The summed E-state index contributed by atoms with van der Waals surface area (Å²) in [6, 6.07) is 12.7. The van der Waals surface area contributed by atoms with Gasteiger partial charge in [0.1, 0.15) is 12.4 Å². The third-order valence-corrected chi connectivity index (χ3v) is 7.21. The Morgan fingerprint density at radius 1 is 1.06 bits per heavy atom. The van der Waals surface area contributed by atoms with Crippen LogP contribution in [0.5, 0.6) is 5.75 Å². The predicted molar refractivity (Wildman–Crippen MR) is 128 cm³/mol. The first-order valence-corrected chi connectivity index (χ1v) is 12.3. The van der Waals surface area contributed by atoms with Crippen molar-refractivity contribution in [3.05, 3.63) is 59.9 Å². The number of likely N-dealkylation sites (tertiary alicyclic amines) is 1. The lowest BCUT2D eigenvalue weighted by Crippen LogP contribution is -2.48. The average molecular weight is 436 g/mol. The van der Waals surface area contributed by atoms with Gasteiger partial charge >= 0.3 is 0 Å². The van der Waals surface area contributed by atoms with Crippen LogP contribution in [0.15, 0.2) is 48.8 Å². The van der Waals surface area contributed by atoms with E-state index in [2.05, 4.69) is 45.1 Å². The zero-order valence-corrected chi connectivity index (χ0v) is 19.5. The molecule has 1 saturated heterocycles. The molecular weight excluding hydrogens is 398 g/mol. The van der Waals surface area contributed by atoms with E-state index in [1.807, 2.05) is 25.4 Å². The highest BCUT2D eigenvalue weighted by molar-refractivity contribution is 5.75. The number of fused-ring (bicyclic) bond motifs is 1. The molecule has 0 N–H and O–H groups in total. The molecule has 1 amide bonds. The second-order valence-electron chi connectivity index (χ2n) is 9.47. The van der Waals surface area contributed by atoms with Gasteiger partial charge in [-0.25, -0.2) is 0 Å². The van der Waals surface area contributed by atoms with Gasteiger partial charge in [-0.05, 0) is 60.8 Å². The molecule has 3 heterocycles. The number of nitrogens with zero attached hydrogens (tertiary/aromatic N) is 3. The molecule has 1 spiro atoms. The van der Waals surface area contributed by atoms with Crippen molar-refractivity contribution in [2.75, 3.05) is 32.8 Å². The molecule has 2 aliphatic rings. The Balaban J connectivity index is 1.52. The van der Waals surface area contributed by atoms with Crippen LogP contribution in [0.25, 0.3) is 0 Å². The molecule has 0 atom stereocenters. The lowest BCUT2D eigenvalue weighted by molar-refractivity contribution is -0.133. The Morgan fingerprint density at radius 3 is 2.69 bits per heavy atom. The number of rotatable bonds is 3. The number of amides is 1. The molecule has 172 valence electrons. The van der Waals surface area contributed by atoms with Crippen molar-refractivity contribution in [3.8, 4) is 5.75 Å². The number of piperidine rings is 1. The summed E-state index contributed by atoms with van der Waals surface area (Å²) in [4.78, 5) is 21.2. The second-order valence-corrected chi connectivity index (χ2v) is 9.47. The third kappa shape index (κ3) is 5.89. The van der Waals surface area contributed by atoms with E-state index in [0.717, 1.165) is 57.7 Å². The monoisotopic (exact) mass is 435 g/mol. The third-order valence-electron chi connectivity index (χ3n) is 7.21. The molecule has 2 aliphatic heterocycles. The molecule has 32 heavy (non-hydrogen) atoms. The van der Waals surface area contributed by atoms with Crippen molar-refractivity contribution >= 4 is 5.91 Å². The van der Waals surface area contributed by atoms with Crippen LogP contribution in [-0.4, -0.2) is 53.5 Å². The molecule has 0 bridgehead atoms. The van der Waals surface area contributed by atoms with Crippen LogP contribution in [0.3, 0.4) is 0 Å². The van der Waals surface area contributed by atoms with Crippen molar-refractivity contribution in [1.29, 1.82) is 0 Å². The lowest BCUT2D eigenvalue weighted by atomic mass is 9.73. The van der Waals surface area contributed by atoms with E-state index in [4.69, 9.17) is 4.74 Å². The van der Waals surface area contributed by atoms with Crippen LogP contribution in [0.2, 0.25) is 0 Å². The minimum Gasteiger partial charge on any atom is -0.492 e. The van der Waals surface area contributed by atoms with E-state index in [-0.39, 0.29) is 5.41 Å². The summed E-state index contributed by atoms with van der Waals surface area (Å²) < 4.78 is 6.26. The number of hydrogen-bond donors (Lipinski definition) is 0. The molecular formula is C27H37N3O2. The molecule has 4 rings (SSSR count). The average Bonchev–Trinajstić information content (AvgIpc) is 2.82. The van der Waals surface area contributed by atoms with E-state index in [0.29, 0.717) is 18.9 Å². The number of carbonyl (C=O) groups is 1. The van der Waals surface area contributed by atoms with Crippen LogP contribution in [-0.2, 0) is 17.8 Å². The van der Waals surface area contributed by atoms with Gasteiger partial charge in [0, 0.05) is 51.5 Å². The standard InChI is InChI=1S/C27H37N3O2/c1-2-26(31)30-16-13-27(14-17-30)12-6-5-10-24-9-3-4-11-25(24)32-19-18-29(22-27)21-23-8-7-15-28-20-23/h3-4,7-9,11,15,20H,2,5-6,10,12-14,16-19,21-22H2,1H3. The Morgan fingerprint density at radius 2 is 1.91 bits per heavy atom. The molecule has 1 aromatic carbocycles. The molecule has 1 aromatic heterocycles. The van der Waals surface area contributed by atoms with Gasteiger partial charge in [-0.15, -0.1) is 0 Å². The van der Waals surface area contributed by atoms with Crippen molar-refractivity contribution in [2.45, 2.75) is 58.4 Å². The van der Waals surface area contributed by atoms with E-state index in [1.54, 1.807) is 0 Å². The van der Waals surface area contributed by atoms with Gasteiger partial charge in [-0.2, -0.15) is 0 Å². The summed E-state index contributed by atoms with van der Waals surface area (Å²) in [6.45, 7) is 7.28. The molecule has 5 heteroatoms. The maximum Gasteiger partial charge on any atom is 0.222 e.